The van der Waals surface area contributed by atoms with E-state index in [1.54, 1.807) is 0 Å². The van der Waals surface area contributed by atoms with Crippen molar-refractivity contribution >= 4 is 0 Å². The molecule has 0 aromatic carbocycles. The summed E-state index contributed by atoms with van der Waals surface area (Å²) in [6.07, 6.45) is 2.26. The first kappa shape index (κ1) is 11.3. The smallest absolute Gasteiger partial charge is 0.0270 e. The van der Waals surface area contributed by atoms with Crippen molar-refractivity contribution in [2.75, 3.05) is 0 Å². The lowest BCUT2D eigenvalue weighted by Crippen LogP contribution is -2.11. The molecule has 0 rings (SSSR count). The average molecular weight is 167 g/mol. The van der Waals surface area contributed by atoms with E-state index in [9.17, 15) is 0 Å². The first-order chi connectivity index (χ1) is 5.49. The molecule has 1 heteroatoms. The van der Waals surface area contributed by atoms with Crippen LogP contribution in [0.4, 0.5) is 0 Å². The Morgan fingerprint density at radius 3 is 2.08 bits per heavy atom. The minimum atomic E-state index is 0.516. The van der Waals surface area contributed by atoms with E-state index in [2.05, 4.69) is 33.9 Å². The van der Waals surface area contributed by atoms with Crippen LogP contribution < -0.4 is 5.73 Å². The molecule has 1 unspecified atom stereocenters. The van der Waals surface area contributed by atoms with Crippen molar-refractivity contribution in [3.63, 3.8) is 0 Å². The molecule has 0 saturated carbocycles. The van der Waals surface area contributed by atoms with Crippen molar-refractivity contribution in [3.05, 3.63) is 24.4 Å². The zero-order chi connectivity index (χ0) is 9.72. The summed E-state index contributed by atoms with van der Waals surface area (Å²) in [5.41, 5.74) is 7.25. The first-order valence-corrected chi connectivity index (χ1v) is 4.62. The van der Waals surface area contributed by atoms with Gasteiger partial charge in [0.15, 0.2) is 0 Å². The third-order valence-electron chi connectivity index (χ3n) is 2.15. The lowest BCUT2D eigenvalue weighted by atomic mass is 9.88. The molecule has 70 valence electrons. The van der Waals surface area contributed by atoms with Crippen molar-refractivity contribution in [1.29, 1.82) is 0 Å². The summed E-state index contributed by atoms with van der Waals surface area (Å²) in [5, 5.41) is 0. The quantitative estimate of drug-likeness (QED) is 0.626. The Labute approximate surface area is 76.3 Å². The van der Waals surface area contributed by atoms with Crippen LogP contribution in [-0.4, -0.2) is 0 Å². The van der Waals surface area contributed by atoms with Crippen LogP contribution in [0.1, 0.15) is 33.6 Å². The molecule has 0 aliphatic rings. The zero-order valence-electron chi connectivity index (χ0n) is 8.56. The molecular weight excluding hydrogens is 146 g/mol. The molecule has 0 saturated heterocycles. The van der Waals surface area contributed by atoms with Gasteiger partial charge in [0.2, 0.25) is 0 Å². The summed E-state index contributed by atoms with van der Waals surface area (Å²) in [6, 6.07) is 0. The summed E-state index contributed by atoms with van der Waals surface area (Å²) < 4.78 is 0. The van der Waals surface area contributed by atoms with Crippen molar-refractivity contribution < 1.29 is 0 Å². The van der Waals surface area contributed by atoms with Crippen LogP contribution >= 0.6 is 0 Å². The standard InChI is InChI=1S/C11H21N/c1-6-11(7-8(2)3)9(4)10(5)12/h8,11H,4-7,12H2,1-3H3. The van der Waals surface area contributed by atoms with Crippen molar-refractivity contribution in [1.82, 2.24) is 0 Å². The number of allylic oxidation sites excluding steroid dienone is 1. The molecule has 0 bridgehead atoms. The Balaban J connectivity index is 4.15. The minimum Gasteiger partial charge on any atom is -0.399 e. The molecule has 0 aromatic rings. The lowest BCUT2D eigenvalue weighted by molar-refractivity contribution is 0.451. The summed E-state index contributed by atoms with van der Waals surface area (Å²) in [7, 11) is 0. The van der Waals surface area contributed by atoms with Crippen LogP contribution in [-0.2, 0) is 0 Å². The molecule has 0 aliphatic heterocycles. The van der Waals surface area contributed by atoms with Crippen LogP contribution in [0.5, 0.6) is 0 Å². The highest BCUT2D eigenvalue weighted by atomic mass is 14.6. The molecule has 2 N–H and O–H groups in total. The highest BCUT2D eigenvalue weighted by Gasteiger charge is 2.12. The number of hydrogen-bond acceptors (Lipinski definition) is 1. The molecule has 0 fully saturated rings. The fourth-order valence-electron chi connectivity index (χ4n) is 1.39. The Kier molecular flexibility index (Phi) is 4.72. The fourth-order valence-corrected chi connectivity index (χ4v) is 1.39. The number of rotatable bonds is 5. The van der Waals surface area contributed by atoms with E-state index in [0.29, 0.717) is 17.5 Å². The summed E-state index contributed by atoms with van der Waals surface area (Å²) in [4.78, 5) is 0. The Morgan fingerprint density at radius 1 is 1.33 bits per heavy atom. The fraction of sp³-hybridized carbons (Fsp3) is 0.636. The Bertz CT molecular complexity index is 168. The van der Waals surface area contributed by atoms with Gasteiger partial charge in [0.1, 0.15) is 0 Å². The average Bonchev–Trinajstić information content (AvgIpc) is 1.98. The van der Waals surface area contributed by atoms with E-state index in [-0.39, 0.29) is 0 Å². The summed E-state index contributed by atoms with van der Waals surface area (Å²) in [5.74, 6) is 1.22. The van der Waals surface area contributed by atoms with Crippen LogP contribution in [0, 0.1) is 11.8 Å². The van der Waals surface area contributed by atoms with Gasteiger partial charge in [0.25, 0.3) is 0 Å². The van der Waals surface area contributed by atoms with E-state index in [4.69, 9.17) is 5.73 Å². The maximum atomic E-state index is 5.59. The zero-order valence-corrected chi connectivity index (χ0v) is 8.56. The van der Waals surface area contributed by atoms with E-state index >= 15 is 0 Å². The second-order valence-corrected chi connectivity index (χ2v) is 3.79. The molecule has 0 aromatic heterocycles. The van der Waals surface area contributed by atoms with E-state index < -0.39 is 0 Å². The Morgan fingerprint density at radius 2 is 1.83 bits per heavy atom. The van der Waals surface area contributed by atoms with Crippen LogP contribution in [0.15, 0.2) is 24.4 Å². The third kappa shape index (κ3) is 3.61. The van der Waals surface area contributed by atoms with Gasteiger partial charge in [0, 0.05) is 5.70 Å². The van der Waals surface area contributed by atoms with Crippen molar-refractivity contribution in [2.45, 2.75) is 33.6 Å². The number of hydrogen-bond donors (Lipinski definition) is 1. The molecule has 1 nitrogen and oxygen atoms in total. The van der Waals surface area contributed by atoms with Gasteiger partial charge in [0.05, 0.1) is 0 Å². The van der Waals surface area contributed by atoms with Crippen LogP contribution in [0.2, 0.25) is 0 Å². The molecule has 0 amide bonds. The third-order valence-corrected chi connectivity index (χ3v) is 2.15. The molecule has 1 atom stereocenters. The van der Waals surface area contributed by atoms with Crippen molar-refractivity contribution in [2.24, 2.45) is 17.6 Å². The van der Waals surface area contributed by atoms with Gasteiger partial charge >= 0.3 is 0 Å². The predicted octanol–water partition coefficient (Wildman–Crippen LogP) is 3.09. The topological polar surface area (TPSA) is 26.0 Å². The largest absolute Gasteiger partial charge is 0.399 e. The van der Waals surface area contributed by atoms with E-state index in [1.165, 1.54) is 0 Å². The molecule has 0 heterocycles. The van der Waals surface area contributed by atoms with Crippen LogP contribution in [0.25, 0.3) is 0 Å². The monoisotopic (exact) mass is 167 g/mol. The van der Waals surface area contributed by atoms with Gasteiger partial charge in [-0.1, -0.05) is 33.9 Å². The summed E-state index contributed by atoms with van der Waals surface area (Å²) >= 11 is 0. The highest BCUT2D eigenvalue weighted by molar-refractivity contribution is 5.24. The van der Waals surface area contributed by atoms with Crippen molar-refractivity contribution in [3.8, 4) is 0 Å². The van der Waals surface area contributed by atoms with Gasteiger partial charge in [-0.15, -0.1) is 0 Å². The molecule has 0 spiro atoms. The predicted molar refractivity (Wildman–Crippen MR) is 55.7 cm³/mol. The maximum absolute atomic E-state index is 5.59. The molecule has 12 heavy (non-hydrogen) atoms. The molecule has 0 radical (unpaired) electrons. The van der Waals surface area contributed by atoms with Gasteiger partial charge in [-0.2, -0.15) is 0 Å². The maximum Gasteiger partial charge on any atom is 0.0270 e. The first-order valence-electron chi connectivity index (χ1n) is 4.62. The second kappa shape index (κ2) is 5.02. The van der Waals surface area contributed by atoms with Gasteiger partial charge in [-0.25, -0.2) is 0 Å². The van der Waals surface area contributed by atoms with E-state index in [1.807, 2.05) is 0 Å². The van der Waals surface area contributed by atoms with Gasteiger partial charge in [-0.3, -0.25) is 0 Å². The second-order valence-electron chi connectivity index (χ2n) is 3.79. The summed E-state index contributed by atoms with van der Waals surface area (Å²) in [6.45, 7) is 14.3. The van der Waals surface area contributed by atoms with E-state index in [0.717, 1.165) is 18.4 Å². The van der Waals surface area contributed by atoms with Gasteiger partial charge in [-0.05, 0) is 30.3 Å². The normalized spacial score (nSPS) is 13.0. The number of nitrogens with two attached hydrogens (primary N) is 1. The molecular formula is C11H21N. The van der Waals surface area contributed by atoms with Gasteiger partial charge < -0.3 is 5.73 Å². The lowest BCUT2D eigenvalue weighted by Gasteiger charge is -2.19. The van der Waals surface area contributed by atoms with Crippen LogP contribution in [0.3, 0.4) is 0 Å². The molecule has 0 aliphatic carbocycles. The Hall–Kier alpha value is -0.720. The minimum absolute atomic E-state index is 0.516. The highest BCUT2D eigenvalue weighted by Crippen LogP contribution is 2.24. The SMILES string of the molecule is C=C(N)C(=C)C(CC)CC(C)C.